The highest BCUT2D eigenvalue weighted by Gasteiger charge is 2.33. The van der Waals surface area contributed by atoms with Crippen molar-refractivity contribution in [3.05, 3.63) is 59.8 Å². The molecular formula is C33H46N6O3. The number of benzene rings is 2. The van der Waals surface area contributed by atoms with Crippen LogP contribution in [0, 0.1) is 0 Å². The van der Waals surface area contributed by atoms with Crippen LogP contribution in [-0.2, 0) is 11.3 Å². The van der Waals surface area contributed by atoms with Gasteiger partial charge in [-0.2, -0.15) is 0 Å². The molecule has 3 N–H and O–H groups in total. The number of fused-ring (bicyclic) bond motifs is 1. The molecule has 1 saturated heterocycles. The number of carbonyl (C=O) groups excluding carboxylic acids is 2. The lowest BCUT2D eigenvalue weighted by Crippen LogP contribution is -2.57. The summed E-state index contributed by atoms with van der Waals surface area (Å²) in [4.78, 5) is 37.5. The van der Waals surface area contributed by atoms with Gasteiger partial charge >= 0.3 is 6.03 Å². The minimum absolute atomic E-state index is 0.195. The number of ether oxygens (including phenoxy) is 1. The molecule has 2 heterocycles. The standard InChI is InChI=1S/C33H46N6O3/c1-5-42-30-15-14-24(22-37(3)4)20-29(30)35-32(40)31(23(2)27-21-34-28-13-9-8-12-26(27)28)36-33(41)39-18-16-38(17-19-39)25-10-6-7-11-25/h8-9,12-15,20-21,23,25,31,34H,5-7,10-11,16-19,22H2,1-4H3,(H,35,40)(H,36,41)/t23-,31-/m1/s1. The summed E-state index contributed by atoms with van der Waals surface area (Å²) in [7, 11) is 4.02. The predicted molar refractivity (Wildman–Crippen MR) is 168 cm³/mol. The molecule has 0 bridgehead atoms. The molecule has 1 aromatic heterocycles. The molecule has 0 radical (unpaired) electrons. The van der Waals surface area contributed by atoms with Crippen molar-refractivity contribution in [3.8, 4) is 5.75 Å². The molecule has 1 aliphatic carbocycles. The van der Waals surface area contributed by atoms with Gasteiger partial charge in [0.15, 0.2) is 0 Å². The van der Waals surface area contributed by atoms with Crippen LogP contribution in [0.3, 0.4) is 0 Å². The van der Waals surface area contributed by atoms with E-state index >= 15 is 0 Å². The van der Waals surface area contributed by atoms with Crippen molar-refractivity contribution in [1.82, 2.24) is 25.0 Å². The Morgan fingerprint density at radius 2 is 1.81 bits per heavy atom. The first-order valence-corrected chi connectivity index (χ1v) is 15.4. The Kier molecular flexibility index (Phi) is 9.69. The zero-order valence-corrected chi connectivity index (χ0v) is 25.5. The van der Waals surface area contributed by atoms with Crippen LogP contribution in [0.4, 0.5) is 10.5 Å². The van der Waals surface area contributed by atoms with E-state index < -0.39 is 6.04 Å². The smallest absolute Gasteiger partial charge is 0.318 e. The van der Waals surface area contributed by atoms with Crippen LogP contribution in [0.5, 0.6) is 5.75 Å². The normalized spacial score (nSPS) is 17.9. The first-order chi connectivity index (χ1) is 20.3. The summed E-state index contributed by atoms with van der Waals surface area (Å²) in [6.07, 6.45) is 7.07. The average Bonchev–Trinajstić information content (AvgIpc) is 3.67. The minimum atomic E-state index is -0.795. The number of carbonyl (C=O) groups is 2. The number of hydrogen-bond donors (Lipinski definition) is 3. The molecule has 42 heavy (non-hydrogen) atoms. The predicted octanol–water partition coefficient (Wildman–Crippen LogP) is 5.01. The Morgan fingerprint density at radius 3 is 2.52 bits per heavy atom. The van der Waals surface area contributed by atoms with E-state index in [1.807, 2.05) is 75.4 Å². The highest BCUT2D eigenvalue weighted by atomic mass is 16.5. The average molecular weight is 575 g/mol. The zero-order valence-electron chi connectivity index (χ0n) is 25.5. The molecule has 3 amide bonds. The van der Waals surface area contributed by atoms with Gasteiger partial charge in [0, 0.05) is 61.8 Å². The van der Waals surface area contributed by atoms with Crippen LogP contribution < -0.4 is 15.4 Å². The van der Waals surface area contributed by atoms with Crippen molar-refractivity contribution < 1.29 is 14.3 Å². The first-order valence-electron chi connectivity index (χ1n) is 15.4. The number of urea groups is 1. The van der Waals surface area contributed by atoms with Gasteiger partial charge in [0.05, 0.1) is 12.3 Å². The van der Waals surface area contributed by atoms with Gasteiger partial charge in [-0.05, 0) is 63.2 Å². The molecule has 3 aromatic rings. The Bertz CT molecular complexity index is 1360. The molecular weight excluding hydrogens is 528 g/mol. The second-order valence-corrected chi connectivity index (χ2v) is 12.0. The largest absolute Gasteiger partial charge is 0.492 e. The number of nitrogens with zero attached hydrogens (tertiary/aromatic N) is 3. The van der Waals surface area contributed by atoms with E-state index in [0.717, 1.165) is 41.7 Å². The summed E-state index contributed by atoms with van der Waals surface area (Å²) in [6, 6.07) is 13.6. The minimum Gasteiger partial charge on any atom is -0.492 e. The van der Waals surface area contributed by atoms with Crippen molar-refractivity contribution in [3.63, 3.8) is 0 Å². The highest BCUT2D eigenvalue weighted by Crippen LogP contribution is 2.31. The van der Waals surface area contributed by atoms with Gasteiger partial charge in [-0.3, -0.25) is 9.69 Å². The fourth-order valence-corrected chi connectivity index (χ4v) is 6.48. The Hall–Kier alpha value is -3.56. The number of amides is 3. The van der Waals surface area contributed by atoms with Gasteiger partial charge in [-0.25, -0.2) is 4.79 Å². The van der Waals surface area contributed by atoms with E-state index in [1.54, 1.807) is 0 Å². The van der Waals surface area contributed by atoms with E-state index in [-0.39, 0.29) is 17.9 Å². The third kappa shape index (κ3) is 6.90. The van der Waals surface area contributed by atoms with Gasteiger partial charge in [-0.15, -0.1) is 0 Å². The number of piperazine rings is 1. The maximum absolute atomic E-state index is 14.1. The number of hydrogen-bond acceptors (Lipinski definition) is 5. The van der Waals surface area contributed by atoms with Crippen LogP contribution in [-0.4, -0.2) is 90.6 Å². The van der Waals surface area contributed by atoms with Gasteiger partial charge in [-0.1, -0.05) is 44.0 Å². The maximum Gasteiger partial charge on any atom is 0.318 e. The molecule has 2 fully saturated rings. The monoisotopic (exact) mass is 574 g/mol. The lowest BCUT2D eigenvalue weighted by Gasteiger charge is -2.38. The van der Waals surface area contributed by atoms with Crippen LogP contribution in [0.25, 0.3) is 10.9 Å². The van der Waals surface area contributed by atoms with E-state index in [9.17, 15) is 9.59 Å². The second-order valence-electron chi connectivity index (χ2n) is 12.0. The van der Waals surface area contributed by atoms with Crippen LogP contribution in [0.1, 0.15) is 56.6 Å². The molecule has 9 heteroatoms. The zero-order chi connectivity index (χ0) is 29.6. The lowest BCUT2D eigenvalue weighted by atomic mass is 9.92. The summed E-state index contributed by atoms with van der Waals surface area (Å²) < 4.78 is 5.86. The number of nitrogens with one attached hydrogen (secondary N) is 3. The summed E-state index contributed by atoms with van der Waals surface area (Å²) >= 11 is 0. The second kappa shape index (κ2) is 13.6. The van der Waals surface area contributed by atoms with Crippen molar-refractivity contribution in [2.75, 3.05) is 52.2 Å². The quantitative estimate of drug-likeness (QED) is 0.317. The van der Waals surface area contributed by atoms with Crippen molar-refractivity contribution in [2.45, 2.75) is 64.1 Å². The Labute approximate surface area is 249 Å². The Morgan fingerprint density at radius 1 is 1.07 bits per heavy atom. The molecule has 2 aliphatic rings. The molecule has 226 valence electrons. The molecule has 1 aliphatic heterocycles. The summed E-state index contributed by atoms with van der Waals surface area (Å²) in [6.45, 7) is 8.23. The third-order valence-corrected chi connectivity index (χ3v) is 8.72. The van der Waals surface area contributed by atoms with Crippen LogP contribution >= 0.6 is 0 Å². The molecule has 0 unspecified atom stereocenters. The lowest BCUT2D eigenvalue weighted by molar-refractivity contribution is -0.118. The van der Waals surface area contributed by atoms with E-state index in [0.29, 0.717) is 37.2 Å². The number of rotatable bonds is 10. The molecule has 0 spiro atoms. The first kappa shape index (κ1) is 29.9. The summed E-state index contributed by atoms with van der Waals surface area (Å²) in [5.41, 5.74) is 3.66. The molecule has 2 atom stereocenters. The maximum atomic E-state index is 14.1. The molecule has 2 aromatic carbocycles. The number of aromatic nitrogens is 1. The topological polar surface area (TPSA) is 92.9 Å². The number of H-pyrrole nitrogens is 1. The SMILES string of the molecule is CCOc1ccc(CN(C)C)cc1NC(=O)[C@H](NC(=O)N1CCN(C2CCCC2)CC1)[C@H](C)c1c[nH]c2ccccc12. The number of aromatic amines is 1. The molecule has 5 rings (SSSR count). The van der Waals surface area contributed by atoms with E-state index in [2.05, 4.69) is 31.5 Å². The van der Waals surface area contributed by atoms with Crippen molar-refractivity contribution in [1.29, 1.82) is 0 Å². The van der Waals surface area contributed by atoms with Gasteiger partial charge in [0.2, 0.25) is 5.91 Å². The van der Waals surface area contributed by atoms with E-state index in [1.165, 1.54) is 25.7 Å². The molecule has 9 nitrogen and oxygen atoms in total. The summed E-state index contributed by atoms with van der Waals surface area (Å²) in [5.74, 6) is 0.0558. The van der Waals surface area contributed by atoms with Crippen molar-refractivity contribution >= 4 is 28.5 Å². The van der Waals surface area contributed by atoms with Crippen LogP contribution in [0.15, 0.2) is 48.7 Å². The van der Waals surface area contributed by atoms with Gasteiger partial charge in [0.1, 0.15) is 11.8 Å². The highest BCUT2D eigenvalue weighted by molar-refractivity contribution is 5.99. The third-order valence-electron chi connectivity index (χ3n) is 8.72. The van der Waals surface area contributed by atoms with E-state index in [4.69, 9.17) is 4.74 Å². The van der Waals surface area contributed by atoms with Gasteiger partial charge in [0.25, 0.3) is 0 Å². The fraction of sp³-hybridized carbons (Fsp3) is 0.515. The van der Waals surface area contributed by atoms with Crippen LogP contribution in [0.2, 0.25) is 0 Å². The van der Waals surface area contributed by atoms with Gasteiger partial charge < -0.3 is 30.2 Å². The number of anilines is 1. The number of para-hydroxylation sites is 1. The summed E-state index contributed by atoms with van der Waals surface area (Å²) in [5, 5.41) is 7.30. The van der Waals surface area contributed by atoms with Crippen molar-refractivity contribution in [2.24, 2.45) is 0 Å². The molecule has 1 saturated carbocycles. The Balaban J connectivity index is 1.37. The fourth-order valence-electron chi connectivity index (χ4n) is 6.48.